The molecule has 0 unspecified atom stereocenters. The highest BCUT2D eigenvalue weighted by Crippen LogP contribution is 2.40. The van der Waals surface area contributed by atoms with Crippen molar-refractivity contribution in [3.05, 3.63) is 46.9 Å². The quantitative estimate of drug-likeness (QED) is 0.706. The normalized spacial score (nSPS) is 10.4. The van der Waals surface area contributed by atoms with Crippen LogP contribution in [-0.2, 0) is 0 Å². The summed E-state index contributed by atoms with van der Waals surface area (Å²) in [6.45, 7) is 0. The number of phenolic OH excluding ortho intramolecular Hbond substituents is 1. The zero-order valence-electron chi connectivity index (χ0n) is 13.8. The number of aromatic nitrogens is 1. The van der Waals surface area contributed by atoms with Gasteiger partial charge in [-0.3, -0.25) is 4.98 Å². The Morgan fingerprint density at radius 3 is 2.58 bits per heavy atom. The predicted octanol–water partition coefficient (Wildman–Crippen LogP) is 4.37. The van der Waals surface area contributed by atoms with Gasteiger partial charge in [-0.25, -0.2) is 4.39 Å². The lowest BCUT2D eigenvalue weighted by molar-refractivity contribution is 0.410. The number of rotatable bonds is 4. The topological polar surface area (TPSA) is 87.4 Å². The van der Waals surface area contributed by atoms with Gasteiger partial charge in [0.2, 0.25) is 0 Å². The molecule has 26 heavy (non-hydrogen) atoms. The van der Waals surface area contributed by atoms with Crippen molar-refractivity contribution in [3.63, 3.8) is 0 Å². The van der Waals surface area contributed by atoms with Crippen molar-refractivity contribution in [2.75, 3.05) is 19.5 Å². The van der Waals surface area contributed by atoms with Gasteiger partial charge in [-0.15, -0.1) is 0 Å². The van der Waals surface area contributed by atoms with Crippen molar-refractivity contribution >= 4 is 33.9 Å². The van der Waals surface area contributed by atoms with Crippen LogP contribution in [0.5, 0.6) is 17.2 Å². The van der Waals surface area contributed by atoms with Gasteiger partial charge >= 0.3 is 0 Å². The number of benzene rings is 2. The number of ether oxygens (including phenoxy) is 2. The third kappa shape index (κ3) is 2.91. The molecule has 3 rings (SSSR count). The number of nitrogens with one attached hydrogen (secondary N) is 1. The van der Waals surface area contributed by atoms with Crippen LogP contribution in [0, 0.1) is 17.1 Å². The minimum Gasteiger partial charge on any atom is -0.506 e. The molecule has 132 valence electrons. The summed E-state index contributed by atoms with van der Waals surface area (Å²) in [6, 6.07) is 7.46. The molecule has 0 aliphatic rings. The van der Waals surface area contributed by atoms with Gasteiger partial charge in [-0.05, 0) is 18.2 Å². The molecule has 0 saturated heterocycles. The number of fused-ring (bicyclic) bond motifs is 1. The van der Waals surface area contributed by atoms with E-state index in [4.69, 9.17) is 21.1 Å². The van der Waals surface area contributed by atoms with Crippen molar-refractivity contribution in [1.29, 1.82) is 5.26 Å². The van der Waals surface area contributed by atoms with Crippen LogP contribution in [0.15, 0.2) is 30.5 Å². The molecule has 0 amide bonds. The van der Waals surface area contributed by atoms with E-state index in [1.165, 1.54) is 20.4 Å². The third-order valence-electron chi connectivity index (χ3n) is 3.80. The SMILES string of the molecule is COc1ccc(OC)c2c(Nc3cc(O)c(Cl)cc3F)c(C#N)cnc12. The second kappa shape index (κ2) is 6.94. The van der Waals surface area contributed by atoms with Gasteiger partial charge in [-0.1, -0.05) is 11.6 Å². The van der Waals surface area contributed by atoms with Gasteiger partial charge < -0.3 is 19.9 Å². The number of halogens is 2. The number of aromatic hydroxyl groups is 1. The lowest BCUT2D eigenvalue weighted by atomic mass is 10.1. The number of hydrogen-bond acceptors (Lipinski definition) is 6. The van der Waals surface area contributed by atoms with Crippen LogP contribution in [0.25, 0.3) is 10.9 Å². The fourth-order valence-electron chi connectivity index (χ4n) is 2.57. The summed E-state index contributed by atoms with van der Waals surface area (Å²) in [5.74, 6) is -0.0974. The molecule has 0 atom stereocenters. The Bertz CT molecular complexity index is 1050. The molecular formula is C18H13ClFN3O3. The first-order valence-corrected chi connectivity index (χ1v) is 7.76. The Morgan fingerprint density at radius 1 is 1.23 bits per heavy atom. The van der Waals surface area contributed by atoms with Crippen molar-refractivity contribution < 1.29 is 19.0 Å². The number of nitrogens with zero attached hydrogens (tertiary/aromatic N) is 2. The summed E-state index contributed by atoms with van der Waals surface area (Å²) in [6.07, 6.45) is 1.35. The molecule has 3 aromatic rings. The minimum atomic E-state index is -0.691. The van der Waals surface area contributed by atoms with Crippen molar-refractivity contribution in [3.8, 4) is 23.3 Å². The zero-order valence-corrected chi connectivity index (χ0v) is 14.6. The van der Waals surface area contributed by atoms with Crippen LogP contribution in [0.4, 0.5) is 15.8 Å². The number of anilines is 2. The van der Waals surface area contributed by atoms with Crippen molar-refractivity contribution in [1.82, 2.24) is 4.98 Å². The van der Waals surface area contributed by atoms with Crippen molar-refractivity contribution in [2.45, 2.75) is 0 Å². The molecule has 0 aliphatic heterocycles. The van der Waals surface area contributed by atoms with Crippen LogP contribution < -0.4 is 14.8 Å². The second-order valence-corrected chi connectivity index (χ2v) is 5.67. The average molecular weight is 374 g/mol. The monoisotopic (exact) mass is 373 g/mol. The van der Waals surface area contributed by atoms with Crippen LogP contribution in [0.1, 0.15) is 5.56 Å². The van der Waals surface area contributed by atoms with E-state index in [0.717, 1.165) is 12.1 Å². The number of nitriles is 1. The van der Waals surface area contributed by atoms with E-state index < -0.39 is 5.82 Å². The maximum atomic E-state index is 14.3. The van der Waals surface area contributed by atoms with Crippen LogP contribution in [0.3, 0.4) is 0 Å². The van der Waals surface area contributed by atoms with Crippen molar-refractivity contribution in [2.24, 2.45) is 0 Å². The fraction of sp³-hybridized carbons (Fsp3) is 0.111. The maximum Gasteiger partial charge on any atom is 0.148 e. The van der Waals surface area contributed by atoms with Gasteiger partial charge in [0.1, 0.15) is 34.7 Å². The lowest BCUT2D eigenvalue weighted by Crippen LogP contribution is -2.01. The molecule has 1 aromatic heterocycles. The van der Waals surface area contributed by atoms with E-state index in [2.05, 4.69) is 10.3 Å². The van der Waals surface area contributed by atoms with Crippen LogP contribution in [-0.4, -0.2) is 24.3 Å². The number of pyridine rings is 1. The Kier molecular flexibility index (Phi) is 4.69. The summed E-state index contributed by atoms with van der Waals surface area (Å²) < 4.78 is 24.9. The van der Waals surface area contributed by atoms with E-state index in [0.29, 0.717) is 22.4 Å². The van der Waals surface area contributed by atoms with Gasteiger partial charge in [0.25, 0.3) is 0 Å². The van der Waals surface area contributed by atoms with Crippen LogP contribution >= 0.6 is 11.6 Å². The summed E-state index contributed by atoms with van der Waals surface area (Å²) in [7, 11) is 2.96. The van der Waals surface area contributed by atoms with E-state index in [-0.39, 0.29) is 27.7 Å². The fourth-order valence-corrected chi connectivity index (χ4v) is 2.72. The number of hydrogen-bond donors (Lipinski definition) is 2. The molecule has 1 heterocycles. The zero-order chi connectivity index (χ0) is 18.8. The van der Waals surface area contributed by atoms with E-state index in [9.17, 15) is 14.8 Å². The Balaban J connectivity index is 2.31. The first-order chi connectivity index (χ1) is 12.5. The molecule has 0 aliphatic carbocycles. The molecule has 0 bridgehead atoms. The molecule has 0 fully saturated rings. The molecule has 8 heteroatoms. The summed E-state index contributed by atoms with van der Waals surface area (Å²) in [5, 5.41) is 22.4. The molecule has 6 nitrogen and oxygen atoms in total. The van der Waals surface area contributed by atoms with Gasteiger partial charge in [0.15, 0.2) is 0 Å². The summed E-state index contributed by atoms with van der Waals surface area (Å²) in [4.78, 5) is 4.26. The highest BCUT2D eigenvalue weighted by atomic mass is 35.5. The van der Waals surface area contributed by atoms with E-state index in [1.807, 2.05) is 6.07 Å². The first kappa shape index (κ1) is 17.6. The highest BCUT2D eigenvalue weighted by Gasteiger charge is 2.18. The molecule has 2 N–H and O–H groups in total. The minimum absolute atomic E-state index is 0.0548. The Hall–Kier alpha value is -3.24. The van der Waals surface area contributed by atoms with E-state index in [1.54, 1.807) is 12.1 Å². The number of methoxy groups -OCH3 is 2. The molecule has 0 radical (unpaired) electrons. The predicted molar refractivity (Wildman–Crippen MR) is 95.9 cm³/mol. The summed E-state index contributed by atoms with van der Waals surface area (Å²) >= 11 is 5.71. The molecule has 0 saturated carbocycles. The van der Waals surface area contributed by atoms with Gasteiger partial charge in [-0.2, -0.15) is 5.26 Å². The van der Waals surface area contributed by atoms with Gasteiger partial charge in [0.05, 0.1) is 41.6 Å². The largest absolute Gasteiger partial charge is 0.506 e. The standard InChI is InChI=1S/C18H13ClFN3O3/c1-25-14-3-4-15(26-2)18-16(14)17(9(7-21)8-22-18)23-12-6-13(24)10(19)5-11(12)20/h3-6,8,24H,1-2H3,(H,22,23). The Labute approximate surface area is 153 Å². The van der Waals surface area contributed by atoms with Crippen LogP contribution in [0.2, 0.25) is 5.02 Å². The molecule has 2 aromatic carbocycles. The molecule has 0 spiro atoms. The Morgan fingerprint density at radius 2 is 1.92 bits per heavy atom. The number of phenols is 1. The highest BCUT2D eigenvalue weighted by molar-refractivity contribution is 6.32. The first-order valence-electron chi connectivity index (χ1n) is 7.39. The van der Waals surface area contributed by atoms with Gasteiger partial charge in [0, 0.05) is 12.3 Å². The summed E-state index contributed by atoms with van der Waals surface area (Å²) in [5.41, 5.74) is 0.819. The van der Waals surface area contributed by atoms with E-state index >= 15 is 0 Å². The maximum absolute atomic E-state index is 14.3. The molecular weight excluding hydrogens is 361 g/mol. The third-order valence-corrected chi connectivity index (χ3v) is 4.10. The smallest absolute Gasteiger partial charge is 0.148 e. The lowest BCUT2D eigenvalue weighted by Gasteiger charge is -2.16. The second-order valence-electron chi connectivity index (χ2n) is 5.26. The average Bonchev–Trinajstić information content (AvgIpc) is 2.65.